The quantitative estimate of drug-likeness (QED) is 0.784. The summed E-state index contributed by atoms with van der Waals surface area (Å²) >= 11 is 0. The van der Waals surface area contributed by atoms with Crippen molar-refractivity contribution in [3.05, 3.63) is 42.5 Å². The van der Waals surface area contributed by atoms with Gasteiger partial charge in [0.2, 0.25) is 0 Å². The van der Waals surface area contributed by atoms with Gasteiger partial charge >= 0.3 is 0 Å². The Morgan fingerprint density at radius 1 is 1.56 bits per heavy atom. The molecular formula is C14H19NO3. The van der Waals surface area contributed by atoms with Gasteiger partial charge in [0.15, 0.2) is 0 Å². The van der Waals surface area contributed by atoms with Crippen LogP contribution in [0, 0.1) is 0 Å². The van der Waals surface area contributed by atoms with E-state index >= 15 is 0 Å². The number of aromatic hydroxyl groups is 1. The second-order valence-electron chi connectivity index (χ2n) is 4.09. The smallest absolute Gasteiger partial charge is 0.251 e. The molecule has 18 heavy (non-hydrogen) atoms. The number of hydrogen-bond donors (Lipinski definition) is 1. The van der Waals surface area contributed by atoms with Crippen molar-refractivity contribution in [1.82, 2.24) is 4.90 Å². The lowest BCUT2D eigenvalue weighted by Crippen LogP contribution is -2.35. The molecule has 98 valence electrons. The number of hydrogen-bond acceptors (Lipinski definition) is 3. The van der Waals surface area contributed by atoms with E-state index in [0.717, 1.165) is 0 Å². The number of phenols is 1. The maximum absolute atomic E-state index is 11.9. The monoisotopic (exact) mass is 249 g/mol. The lowest BCUT2D eigenvalue weighted by atomic mass is 10.2. The van der Waals surface area contributed by atoms with Gasteiger partial charge in [0.1, 0.15) is 11.9 Å². The summed E-state index contributed by atoms with van der Waals surface area (Å²) in [5.41, 5.74) is 0.712. The highest BCUT2D eigenvalue weighted by atomic mass is 16.5. The maximum Gasteiger partial charge on any atom is 0.251 e. The van der Waals surface area contributed by atoms with Crippen LogP contribution in [0.5, 0.6) is 5.75 Å². The molecule has 0 aromatic heterocycles. The second kappa shape index (κ2) is 6.81. The first-order valence-electron chi connectivity index (χ1n) is 5.80. The number of benzene rings is 1. The number of ether oxygens (including phenoxy) is 1. The fourth-order valence-electron chi connectivity index (χ4n) is 1.57. The minimum atomic E-state index is -0.515. The van der Waals surface area contributed by atoms with Crippen LogP contribution in [-0.4, -0.2) is 35.7 Å². The van der Waals surface area contributed by atoms with Gasteiger partial charge in [0, 0.05) is 19.2 Å². The first-order chi connectivity index (χ1) is 8.56. The molecule has 0 aliphatic carbocycles. The number of para-hydroxylation sites is 1. The van der Waals surface area contributed by atoms with Gasteiger partial charge in [-0.2, -0.15) is 0 Å². The number of nitrogens with zero attached hydrogens (tertiary/aromatic N) is 1. The van der Waals surface area contributed by atoms with E-state index in [4.69, 9.17) is 4.74 Å². The molecule has 0 aliphatic heterocycles. The van der Waals surface area contributed by atoms with Crippen LogP contribution in [0.25, 0.3) is 0 Å². The average Bonchev–Trinajstić information content (AvgIpc) is 2.37. The Labute approximate surface area is 107 Å². The van der Waals surface area contributed by atoms with E-state index in [1.165, 1.54) is 4.90 Å². The minimum Gasteiger partial charge on any atom is -0.508 e. The summed E-state index contributed by atoms with van der Waals surface area (Å²) in [5.74, 6) is 0.0666. The van der Waals surface area contributed by atoms with Crippen molar-refractivity contribution in [2.75, 3.05) is 13.7 Å². The summed E-state index contributed by atoms with van der Waals surface area (Å²) < 4.78 is 5.27. The van der Waals surface area contributed by atoms with Gasteiger partial charge in [-0.1, -0.05) is 24.3 Å². The highest BCUT2D eigenvalue weighted by Crippen LogP contribution is 2.17. The number of carbonyl (C=O) groups excluding carboxylic acids is 1. The zero-order valence-corrected chi connectivity index (χ0v) is 10.8. The Morgan fingerprint density at radius 2 is 2.22 bits per heavy atom. The van der Waals surface area contributed by atoms with Crippen LogP contribution >= 0.6 is 0 Å². The molecule has 0 saturated carbocycles. The molecule has 1 aromatic carbocycles. The number of likely N-dealkylation sites (N-methyl/N-ethyl adjacent to an activating group) is 1. The topological polar surface area (TPSA) is 49.8 Å². The summed E-state index contributed by atoms with van der Waals surface area (Å²) in [6, 6.07) is 6.96. The Kier molecular flexibility index (Phi) is 5.39. The SMILES string of the molecule is C=CCOC(C)C(=O)N(C)Cc1ccccc1O. The van der Waals surface area contributed by atoms with E-state index in [1.807, 2.05) is 6.07 Å². The zero-order valence-electron chi connectivity index (χ0n) is 10.8. The van der Waals surface area contributed by atoms with Crippen molar-refractivity contribution >= 4 is 5.91 Å². The molecule has 0 radical (unpaired) electrons. The zero-order chi connectivity index (χ0) is 13.5. The van der Waals surface area contributed by atoms with E-state index in [1.54, 1.807) is 38.2 Å². The Bertz CT molecular complexity index is 417. The third-order valence-electron chi connectivity index (χ3n) is 2.59. The molecule has 1 rings (SSSR count). The van der Waals surface area contributed by atoms with Crippen LogP contribution in [0.4, 0.5) is 0 Å². The number of carbonyl (C=O) groups is 1. The van der Waals surface area contributed by atoms with Crippen LogP contribution in [-0.2, 0) is 16.1 Å². The molecule has 1 aromatic rings. The predicted molar refractivity (Wildman–Crippen MR) is 70.2 cm³/mol. The third-order valence-corrected chi connectivity index (χ3v) is 2.59. The molecule has 0 bridgehead atoms. The normalized spacial score (nSPS) is 11.9. The summed E-state index contributed by atoms with van der Waals surface area (Å²) in [6.07, 6.45) is 1.09. The van der Waals surface area contributed by atoms with Gasteiger partial charge in [-0.05, 0) is 13.0 Å². The van der Waals surface area contributed by atoms with Crippen molar-refractivity contribution in [2.24, 2.45) is 0 Å². The molecular weight excluding hydrogens is 230 g/mol. The molecule has 0 fully saturated rings. The summed E-state index contributed by atoms with van der Waals surface area (Å²) in [4.78, 5) is 13.5. The van der Waals surface area contributed by atoms with E-state index in [0.29, 0.717) is 18.7 Å². The molecule has 1 amide bonds. The maximum atomic E-state index is 11.9. The van der Waals surface area contributed by atoms with Gasteiger partial charge in [-0.15, -0.1) is 6.58 Å². The summed E-state index contributed by atoms with van der Waals surface area (Å²) in [6.45, 7) is 5.93. The van der Waals surface area contributed by atoms with Gasteiger partial charge in [-0.3, -0.25) is 4.79 Å². The van der Waals surface area contributed by atoms with Gasteiger partial charge in [-0.25, -0.2) is 0 Å². The number of phenolic OH excluding ortho intramolecular Hbond substituents is 1. The molecule has 0 heterocycles. The number of amides is 1. The molecule has 1 N–H and O–H groups in total. The number of rotatable bonds is 6. The summed E-state index contributed by atoms with van der Waals surface area (Å²) in [5, 5.41) is 9.64. The molecule has 4 nitrogen and oxygen atoms in total. The fraction of sp³-hybridized carbons (Fsp3) is 0.357. The van der Waals surface area contributed by atoms with Crippen LogP contribution in [0.1, 0.15) is 12.5 Å². The summed E-state index contributed by atoms with van der Waals surface area (Å²) in [7, 11) is 1.68. The van der Waals surface area contributed by atoms with Crippen molar-refractivity contribution in [1.29, 1.82) is 0 Å². The second-order valence-corrected chi connectivity index (χ2v) is 4.09. The molecule has 0 spiro atoms. The standard InChI is InChI=1S/C14H19NO3/c1-4-9-18-11(2)14(17)15(3)10-12-7-5-6-8-13(12)16/h4-8,11,16H,1,9-10H2,2-3H3. The molecule has 1 unspecified atom stereocenters. The third kappa shape index (κ3) is 3.89. The van der Waals surface area contributed by atoms with Crippen molar-refractivity contribution in [3.8, 4) is 5.75 Å². The first kappa shape index (κ1) is 14.3. The van der Waals surface area contributed by atoms with Crippen molar-refractivity contribution in [3.63, 3.8) is 0 Å². The van der Waals surface area contributed by atoms with E-state index in [9.17, 15) is 9.90 Å². The lowest BCUT2D eigenvalue weighted by molar-refractivity contribution is -0.141. The van der Waals surface area contributed by atoms with E-state index in [2.05, 4.69) is 6.58 Å². The largest absolute Gasteiger partial charge is 0.508 e. The van der Waals surface area contributed by atoms with Crippen LogP contribution in [0.3, 0.4) is 0 Å². The van der Waals surface area contributed by atoms with Crippen LogP contribution < -0.4 is 0 Å². The molecule has 1 atom stereocenters. The Hall–Kier alpha value is -1.81. The van der Waals surface area contributed by atoms with Crippen molar-refractivity contribution < 1.29 is 14.6 Å². The van der Waals surface area contributed by atoms with E-state index in [-0.39, 0.29) is 11.7 Å². The molecule has 4 heteroatoms. The van der Waals surface area contributed by atoms with Gasteiger partial charge in [0.25, 0.3) is 5.91 Å². The van der Waals surface area contributed by atoms with Gasteiger partial charge < -0.3 is 14.7 Å². The minimum absolute atomic E-state index is 0.125. The molecule has 0 aliphatic rings. The average molecular weight is 249 g/mol. The fourth-order valence-corrected chi connectivity index (χ4v) is 1.57. The highest BCUT2D eigenvalue weighted by Gasteiger charge is 2.18. The van der Waals surface area contributed by atoms with Crippen molar-refractivity contribution in [2.45, 2.75) is 19.6 Å². The predicted octanol–water partition coefficient (Wildman–Crippen LogP) is 1.94. The van der Waals surface area contributed by atoms with Crippen LogP contribution in [0.2, 0.25) is 0 Å². The van der Waals surface area contributed by atoms with Crippen LogP contribution in [0.15, 0.2) is 36.9 Å². The highest BCUT2D eigenvalue weighted by molar-refractivity contribution is 5.80. The molecule has 0 saturated heterocycles. The van der Waals surface area contributed by atoms with Gasteiger partial charge in [0.05, 0.1) is 6.61 Å². The van der Waals surface area contributed by atoms with E-state index < -0.39 is 6.10 Å². The first-order valence-corrected chi connectivity index (χ1v) is 5.80. The Balaban J connectivity index is 2.59. The Morgan fingerprint density at radius 3 is 2.83 bits per heavy atom. The lowest BCUT2D eigenvalue weighted by Gasteiger charge is -2.21.